The second kappa shape index (κ2) is 8.14. The van der Waals surface area contributed by atoms with Gasteiger partial charge in [-0.3, -0.25) is 4.79 Å². The molecule has 6 heteroatoms. The number of hydrogen-bond acceptors (Lipinski definition) is 5. The molecule has 0 aromatic carbocycles. The van der Waals surface area contributed by atoms with E-state index in [0.717, 1.165) is 38.9 Å². The molecule has 0 saturated carbocycles. The van der Waals surface area contributed by atoms with Crippen molar-refractivity contribution in [3.05, 3.63) is 17.5 Å². The van der Waals surface area contributed by atoms with Crippen molar-refractivity contribution in [3.63, 3.8) is 0 Å². The van der Waals surface area contributed by atoms with Gasteiger partial charge in [0.2, 0.25) is 0 Å². The van der Waals surface area contributed by atoms with E-state index in [0.29, 0.717) is 24.1 Å². The van der Waals surface area contributed by atoms with E-state index in [4.69, 9.17) is 9.26 Å². The molecule has 1 aliphatic rings. The molecule has 118 valence electrons. The van der Waals surface area contributed by atoms with Gasteiger partial charge in [-0.05, 0) is 25.8 Å². The van der Waals surface area contributed by atoms with Crippen LogP contribution in [0.15, 0.2) is 10.6 Å². The average molecular weight is 295 g/mol. The summed E-state index contributed by atoms with van der Waals surface area (Å²) in [5.41, 5.74) is 0.371. The Kier molecular flexibility index (Phi) is 6.20. The molecule has 1 N–H and O–H groups in total. The molecule has 1 aliphatic heterocycles. The fourth-order valence-electron chi connectivity index (χ4n) is 2.59. The Hall–Kier alpha value is -1.40. The summed E-state index contributed by atoms with van der Waals surface area (Å²) in [6.07, 6.45) is 4.38. The molecule has 0 spiro atoms. The van der Waals surface area contributed by atoms with Gasteiger partial charge in [-0.1, -0.05) is 18.5 Å². The fraction of sp³-hybridized carbons (Fsp3) is 0.733. The van der Waals surface area contributed by atoms with Crippen LogP contribution < -0.4 is 5.32 Å². The van der Waals surface area contributed by atoms with Crippen molar-refractivity contribution in [2.24, 2.45) is 0 Å². The highest BCUT2D eigenvalue weighted by atomic mass is 16.5. The fourth-order valence-corrected chi connectivity index (χ4v) is 2.59. The molecule has 1 unspecified atom stereocenters. The summed E-state index contributed by atoms with van der Waals surface area (Å²) in [5, 5.41) is 7.31. The highest BCUT2D eigenvalue weighted by Crippen LogP contribution is 2.12. The van der Waals surface area contributed by atoms with Crippen molar-refractivity contribution in [1.82, 2.24) is 15.4 Å². The first kappa shape index (κ1) is 16.0. The number of carbonyl (C=O) groups excluding carboxylic acids is 1. The number of aromatic nitrogens is 1. The first-order chi connectivity index (χ1) is 10.2. The summed E-state index contributed by atoms with van der Waals surface area (Å²) in [7, 11) is 1.59. The van der Waals surface area contributed by atoms with Gasteiger partial charge in [-0.15, -0.1) is 0 Å². The summed E-state index contributed by atoms with van der Waals surface area (Å²) < 4.78 is 10.1. The van der Waals surface area contributed by atoms with E-state index in [-0.39, 0.29) is 5.91 Å². The van der Waals surface area contributed by atoms with Gasteiger partial charge in [0.1, 0.15) is 6.61 Å². The minimum absolute atomic E-state index is 0.0525. The SMILES string of the molecule is CCCCN(CC1CCCN1)C(=O)c1cc(COC)on1. The Morgan fingerprint density at radius 1 is 1.62 bits per heavy atom. The Balaban J connectivity index is 2.00. The Morgan fingerprint density at radius 2 is 2.48 bits per heavy atom. The van der Waals surface area contributed by atoms with Gasteiger partial charge in [0.25, 0.3) is 5.91 Å². The molecule has 1 aromatic rings. The molecule has 1 fully saturated rings. The van der Waals surface area contributed by atoms with Crippen LogP contribution >= 0.6 is 0 Å². The number of unbranched alkanes of at least 4 members (excludes halogenated alkanes) is 1. The molecule has 1 aromatic heterocycles. The van der Waals surface area contributed by atoms with Crippen LogP contribution in [0.3, 0.4) is 0 Å². The number of nitrogens with zero attached hydrogens (tertiary/aromatic N) is 2. The van der Waals surface area contributed by atoms with E-state index < -0.39 is 0 Å². The molecule has 2 rings (SSSR count). The lowest BCUT2D eigenvalue weighted by Gasteiger charge is -2.25. The highest BCUT2D eigenvalue weighted by Gasteiger charge is 2.24. The summed E-state index contributed by atoms with van der Waals surface area (Å²) in [6, 6.07) is 2.07. The van der Waals surface area contributed by atoms with Crippen LogP contribution in [0.5, 0.6) is 0 Å². The number of nitrogens with one attached hydrogen (secondary N) is 1. The summed E-state index contributed by atoms with van der Waals surface area (Å²) in [5.74, 6) is 0.526. The second-order valence-corrected chi connectivity index (χ2v) is 5.51. The van der Waals surface area contributed by atoms with Crippen LogP contribution in [0.2, 0.25) is 0 Å². The van der Waals surface area contributed by atoms with E-state index in [1.807, 2.05) is 4.90 Å². The molecule has 0 aliphatic carbocycles. The summed E-state index contributed by atoms with van der Waals surface area (Å²) >= 11 is 0. The third-order valence-electron chi connectivity index (χ3n) is 3.74. The first-order valence-electron chi connectivity index (χ1n) is 7.71. The Labute approximate surface area is 125 Å². The summed E-state index contributed by atoms with van der Waals surface area (Å²) in [4.78, 5) is 14.5. The standard InChI is InChI=1S/C15H25N3O3/c1-3-4-8-18(10-12-6-5-7-16-12)15(19)14-9-13(11-20-2)21-17-14/h9,12,16H,3-8,10-11H2,1-2H3. The number of ether oxygens (including phenoxy) is 1. The molecule has 1 saturated heterocycles. The lowest BCUT2D eigenvalue weighted by molar-refractivity contribution is 0.0728. The van der Waals surface area contributed by atoms with Crippen LogP contribution in [0.1, 0.15) is 48.9 Å². The number of carbonyl (C=O) groups is 1. The molecular formula is C15H25N3O3. The van der Waals surface area contributed by atoms with Gasteiger partial charge in [-0.25, -0.2) is 0 Å². The molecule has 1 amide bonds. The molecular weight excluding hydrogens is 270 g/mol. The topological polar surface area (TPSA) is 67.6 Å². The monoisotopic (exact) mass is 295 g/mol. The zero-order chi connectivity index (χ0) is 15.1. The molecule has 21 heavy (non-hydrogen) atoms. The van der Waals surface area contributed by atoms with E-state index in [1.165, 1.54) is 6.42 Å². The van der Waals surface area contributed by atoms with Crippen molar-refractivity contribution in [3.8, 4) is 0 Å². The Morgan fingerprint density at radius 3 is 3.14 bits per heavy atom. The first-order valence-corrected chi connectivity index (χ1v) is 7.71. The molecule has 6 nitrogen and oxygen atoms in total. The van der Waals surface area contributed by atoms with Crippen molar-refractivity contribution in [1.29, 1.82) is 0 Å². The highest BCUT2D eigenvalue weighted by molar-refractivity contribution is 5.92. The van der Waals surface area contributed by atoms with Crippen molar-refractivity contribution in [2.45, 2.75) is 45.3 Å². The lowest BCUT2D eigenvalue weighted by atomic mass is 10.2. The smallest absolute Gasteiger partial charge is 0.276 e. The van der Waals surface area contributed by atoms with E-state index in [1.54, 1.807) is 13.2 Å². The molecule has 1 atom stereocenters. The molecule has 0 bridgehead atoms. The van der Waals surface area contributed by atoms with E-state index in [2.05, 4.69) is 17.4 Å². The van der Waals surface area contributed by atoms with Crippen molar-refractivity contribution in [2.75, 3.05) is 26.7 Å². The zero-order valence-electron chi connectivity index (χ0n) is 12.9. The van der Waals surface area contributed by atoms with Crippen molar-refractivity contribution >= 4 is 5.91 Å². The van der Waals surface area contributed by atoms with Crippen LogP contribution in [-0.2, 0) is 11.3 Å². The van der Waals surface area contributed by atoms with Gasteiger partial charge in [0.05, 0.1) is 0 Å². The average Bonchev–Trinajstić information content (AvgIpc) is 3.14. The van der Waals surface area contributed by atoms with Crippen LogP contribution in [-0.4, -0.2) is 48.7 Å². The maximum atomic E-state index is 12.6. The van der Waals surface area contributed by atoms with Crippen LogP contribution in [0.4, 0.5) is 0 Å². The van der Waals surface area contributed by atoms with Crippen LogP contribution in [0, 0.1) is 0 Å². The van der Waals surface area contributed by atoms with Gasteiger partial charge in [0.15, 0.2) is 11.5 Å². The molecule has 2 heterocycles. The third kappa shape index (κ3) is 4.54. The Bertz CT molecular complexity index is 441. The summed E-state index contributed by atoms with van der Waals surface area (Å²) in [6.45, 7) is 5.01. The number of hydrogen-bond donors (Lipinski definition) is 1. The number of amides is 1. The largest absolute Gasteiger partial charge is 0.377 e. The number of methoxy groups -OCH3 is 1. The minimum atomic E-state index is -0.0525. The maximum Gasteiger partial charge on any atom is 0.276 e. The van der Waals surface area contributed by atoms with E-state index >= 15 is 0 Å². The van der Waals surface area contributed by atoms with Gasteiger partial charge in [0, 0.05) is 32.3 Å². The maximum absolute atomic E-state index is 12.6. The second-order valence-electron chi connectivity index (χ2n) is 5.51. The van der Waals surface area contributed by atoms with E-state index in [9.17, 15) is 4.79 Å². The quantitative estimate of drug-likeness (QED) is 0.792. The van der Waals surface area contributed by atoms with Gasteiger partial charge < -0.3 is 19.5 Å². The predicted molar refractivity (Wildman–Crippen MR) is 79.1 cm³/mol. The van der Waals surface area contributed by atoms with Crippen molar-refractivity contribution < 1.29 is 14.1 Å². The lowest BCUT2D eigenvalue weighted by Crippen LogP contribution is -2.41. The normalized spacial score (nSPS) is 18.1. The molecule has 0 radical (unpaired) electrons. The minimum Gasteiger partial charge on any atom is -0.377 e. The number of rotatable bonds is 8. The third-order valence-corrected chi connectivity index (χ3v) is 3.74. The predicted octanol–water partition coefficient (Wildman–Crippen LogP) is 1.82. The van der Waals surface area contributed by atoms with Gasteiger partial charge in [-0.2, -0.15) is 0 Å². The van der Waals surface area contributed by atoms with Gasteiger partial charge >= 0.3 is 0 Å². The van der Waals surface area contributed by atoms with Crippen LogP contribution in [0.25, 0.3) is 0 Å². The zero-order valence-corrected chi connectivity index (χ0v) is 12.9.